The zero-order valence-corrected chi connectivity index (χ0v) is 15.7. The lowest BCUT2D eigenvalue weighted by Crippen LogP contribution is -2.38. The van der Waals surface area contributed by atoms with E-state index in [1.54, 1.807) is 0 Å². The molecule has 0 fully saturated rings. The zero-order valence-electron chi connectivity index (χ0n) is 15.7. The van der Waals surface area contributed by atoms with Crippen molar-refractivity contribution in [2.75, 3.05) is 19.6 Å². The highest BCUT2D eigenvalue weighted by atomic mass is 15.2. The molecular weight excluding hydrogens is 310 g/mol. The molecule has 0 aliphatic rings. The van der Waals surface area contributed by atoms with Gasteiger partial charge in [-0.05, 0) is 24.8 Å². The fraction of sp³-hybridized carbons (Fsp3) is 0.500. The van der Waals surface area contributed by atoms with Gasteiger partial charge >= 0.3 is 0 Å². The quantitative estimate of drug-likeness (QED) is 0.544. The molecule has 2 N–H and O–H groups in total. The summed E-state index contributed by atoms with van der Waals surface area (Å²) in [5.41, 5.74) is 1.29. The number of guanidine groups is 1. The third-order valence-corrected chi connectivity index (χ3v) is 3.96. The third-order valence-electron chi connectivity index (χ3n) is 3.96. The Kier molecular flexibility index (Phi) is 8.02. The predicted molar refractivity (Wildman–Crippen MR) is 105 cm³/mol. The van der Waals surface area contributed by atoms with Gasteiger partial charge in [0.15, 0.2) is 5.96 Å². The van der Waals surface area contributed by atoms with E-state index in [0.29, 0.717) is 5.92 Å². The van der Waals surface area contributed by atoms with Crippen LogP contribution < -0.4 is 10.6 Å². The summed E-state index contributed by atoms with van der Waals surface area (Å²) < 4.78 is 2.21. The van der Waals surface area contributed by atoms with Gasteiger partial charge in [0.25, 0.3) is 0 Å². The minimum atomic E-state index is 0.678. The van der Waals surface area contributed by atoms with Crippen LogP contribution in [0.4, 0.5) is 0 Å². The fourth-order valence-corrected chi connectivity index (χ4v) is 2.56. The summed E-state index contributed by atoms with van der Waals surface area (Å²) in [6.07, 6.45) is 5.90. The van der Waals surface area contributed by atoms with Crippen LogP contribution in [0.3, 0.4) is 0 Å². The van der Waals surface area contributed by atoms with E-state index in [-0.39, 0.29) is 0 Å². The Morgan fingerprint density at radius 1 is 1.20 bits per heavy atom. The Bertz CT molecular complexity index is 631. The number of nitrogens with one attached hydrogen (secondary N) is 2. The minimum absolute atomic E-state index is 0.678. The summed E-state index contributed by atoms with van der Waals surface area (Å²) in [6.45, 7) is 9.95. The molecule has 136 valence electrons. The molecular formula is C20H31N5. The number of aromatic nitrogens is 2. The van der Waals surface area contributed by atoms with Crippen LogP contribution >= 0.6 is 0 Å². The number of rotatable bonds is 9. The van der Waals surface area contributed by atoms with Crippen LogP contribution in [0.1, 0.15) is 38.6 Å². The summed E-state index contributed by atoms with van der Waals surface area (Å²) in [4.78, 5) is 9.13. The SMILES string of the molecule is CCNC(=NCCC(C)C)NCCc1nccn1Cc1ccccc1. The normalized spacial score (nSPS) is 11.8. The van der Waals surface area contributed by atoms with Gasteiger partial charge in [0, 0.05) is 45.0 Å². The average molecular weight is 342 g/mol. The number of hydrogen-bond donors (Lipinski definition) is 2. The standard InChI is InChI=1S/C20H31N5/c1-4-21-20(23-12-10-17(2)3)24-13-11-19-22-14-15-25(19)16-18-8-6-5-7-9-18/h5-9,14-15,17H,4,10-13,16H2,1-3H3,(H2,21,23,24). The monoisotopic (exact) mass is 341 g/mol. The lowest BCUT2D eigenvalue weighted by molar-refractivity contribution is 0.594. The summed E-state index contributed by atoms with van der Waals surface area (Å²) >= 11 is 0. The first-order chi connectivity index (χ1) is 12.2. The molecule has 5 nitrogen and oxygen atoms in total. The van der Waals surface area contributed by atoms with Crippen molar-refractivity contribution in [1.82, 2.24) is 20.2 Å². The Labute approximate surface area is 151 Å². The maximum Gasteiger partial charge on any atom is 0.191 e. The van der Waals surface area contributed by atoms with Crippen molar-refractivity contribution in [1.29, 1.82) is 0 Å². The number of imidazole rings is 1. The van der Waals surface area contributed by atoms with Gasteiger partial charge in [-0.3, -0.25) is 4.99 Å². The van der Waals surface area contributed by atoms with Crippen LogP contribution in [0.15, 0.2) is 47.7 Å². The van der Waals surface area contributed by atoms with E-state index in [1.807, 2.05) is 18.5 Å². The Balaban J connectivity index is 1.85. The zero-order chi connectivity index (χ0) is 17.9. The highest BCUT2D eigenvalue weighted by Gasteiger charge is 2.04. The van der Waals surface area contributed by atoms with Crippen molar-refractivity contribution in [2.45, 2.75) is 40.2 Å². The summed E-state index contributed by atoms with van der Waals surface area (Å²) in [5, 5.41) is 6.71. The second-order valence-corrected chi connectivity index (χ2v) is 6.58. The molecule has 25 heavy (non-hydrogen) atoms. The second kappa shape index (κ2) is 10.5. The number of nitrogens with zero attached hydrogens (tertiary/aromatic N) is 3. The van der Waals surface area contributed by atoms with E-state index in [9.17, 15) is 0 Å². The van der Waals surface area contributed by atoms with E-state index in [4.69, 9.17) is 0 Å². The van der Waals surface area contributed by atoms with Crippen LogP contribution in [0.25, 0.3) is 0 Å². The van der Waals surface area contributed by atoms with Gasteiger partial charge < -0.3 is 15.2 Å². The smallest absolute Gasteiger partial charge is 0.191 e. The molecule has 5 heteroatoms. The summed E-state index contributed by atoms with van der Waals surface area (Å²) in [7, 11) is 0. The van der Waals surface area contributed by atoms with Gasteiger partial charge in [-0.25, -0.2) is 4.98 Å². The Hall–Kier alpha value is -2.30. The molecule has 1 aromatic carbocycles. The van der Waals surface area contributed by atoms with Crippen molar-refractivity contribution in [3.05, 3.63) is 54.1 Å². The van der Waals surface area contributed by atoms with Gasteiger partial charge in [-0.1, -0.05) is 44.2 Å². The molecule has 0 bridgehead atoms. The molecule has 1 aromatic heterocycles. The molecule has 0 aliphatic carbocycles. The molecule has 0 amide bonds. The van der Waals surface area contributed by atoms with Crippen LogP contribution in [0, 0.1) is 5.92 Å². The molecule has 0 saturated carbocycles. The first kappa shape index (κ1) is 19.0. The lowest BCUT2D eigenvalue weighted by atomic mass is 10.1. The van der Waals surface area contributed by atoms with Crippen LogP contribution in [0.5, 0.6) is 0 Å². The lowest BCUT2D eigenvalue weighted by Gasteiger charge is -2.12. The molecule has 2 aromatic rings. The molecule has 0 saturated heterocycles. The van der Waals surface area contributed by atoms with Crippen molar-refractivity contribution < 1.29 is 0 Å². The van der Waals surface area contributed by atoms with Crippen molar-refractivity contribution >= 4 is 5.96 Å². The van der Waals surface area contributed by atoms with E-state index in [2.05, 4.69) is 70.2 Å². The van der Waals surface area contributed by atoms with E-state index in [1.165, 1.54) is 5.56 Å². The van der Waals surface area contributed by atoms with Crippen LogP contribution in [-0.4, -0.2) is 35.1 Å². The van der Waals surface area contributed by atoms with Crippen molar-refractivity contribution in [3.63, 3.8) is 0 Å². The molecule has 0 unspecified atom stereocenters. The summed E-state index contributed by atoms with van der Waals surface area (Å²) in [6, 6.07) is 10.5. The molecule has 0 spiro atoms. The van der Waals surface area contributed by atoms with Gasteiger partial charge in [-0.15, -0.1) is 0 Å². The first-order valence-corrected chi connectivity index (χ1v) is 9.25. The Morgan fingerprint density at radius 2 is 2.00 bits per heavy atom. The maximum atomic E-state index is 4.63. The number of benzene rings is 1. The van der Waals surface area contributed by atoms with Crippen molar-refractivity contribution in [3.8, 4) is 0 Å². The largest absolute Gasteiger partial charge is 0.357 e. The average Bonchev–Trinajstić information content (AvgIpc) is 3.02. The summed E-state index contributed by atoms with van der Waals surface area (Å²) in [5.74, 6) is 2.66. The minimum Gasteiger partial charge on any atom is -0.357 e. The van der Waals surface area contributed by atoms with Gasteiger partial charge in [0.2, 0.25) is 0 Å². The fourth-order valence-electron chi connectivity index (χ4n) is 2.56. The van der Waals surface area contributed by atoms with E-state index in [0.717, 1.165) is 50.8 Å². The number of aliphatic imine (C=N–C) groups is 1. The van der Waals surface area contributed by atoms with Gasteiger partial charge in [-0.2, -0.15) is 0 Å². The second-order valence-electron chi connectivity index (χ2n) is 6.58. The molecule has 0 aliphatic heterocycles. The van der Waals surface area contributed by atoms with Crippen molar-refractivity contribution in [2.24, 2.45) is 10.9 Å². The highest BCUT2D eigenvalue weighted by molar-refractivity contribution is 5.79. The molecule has 1 heterocycles. The predicted octanol–water partition coefficient (Wildman–Crippen LogP) is 3.08. The number of hydrogen-bond acceptors (Lipinski definition) is 2. The molecule has 2 rings (SSSR count). The maximum absolute atomic E-state index is 4.63. The van der Waals surface area contributed by atoms with E-state index >= 15 is 0 Å². The first-order valence-electron chi connectivity index (χ1n) is 9.25. The van der Waals surface area contributed by atoms with Gasteiger partial charge in [0.1, 0.15) is 5.82 Å². The van der Waals surface area contributed by atoms with Crippen LogP contribution in [0.2, 0.25) is 0 Å². The molecule has 0 radical (unpaired) electrons. The highest BCUT2D eigenvalue weighted by Crippen LogP contribution is 2.06. The topological polar surface area (TPSA) is 54.2 Å². The van der Waals surface area contributed by atoms with Crippen LogP contribution in [-0.2, 0) is 13.0 Å². The molecule has 0 atom stereocenters. The van der Waals surface area contributed by atoms with Gasteiger partial charge in [0.05, 0.1) is 0 Å². The Morgan fingerprint density at radius 3 is 2.72 bits per heavy atom. The van der Waals surface area contributed by atoms with E-state index < -0.39 is 0 Å². The third kappa shape index (κ3) is 6.99.